The lowest BCUT2D eigenvalue weighted by atomic mass is 10.1. The fraction of sp³-hybridized carbons (Fsp3) is 0.160. The first-order valence-electron chi connectivity index (χ1n) is 10.5. The molecule has 1 fully saturated rings. The quantitative estimate of drug-likeness (QED) is 0.482. The van der Waals surface area contributed by atoms with Crippen molar-refractivity contribution in [2.24, 2.45) is 0 Å². The van der Waals surface area contributed by atoms with Crippen LogP contribution in [0.5, 0.6) is 11.5 Å². The Hall–Kier alpha value is -4.00. The molecule has 0 bridgehead atoms. The summed E-state index contributed by atoms with van der Waals surface area (Å²) in [5.74, 6) is -0.387. The lowest BCUT2D eigenvalue weighted by Crippen LogP contribution is -2.36. The molecule has 1 amide bonds. The molecule has 1 saturated heterocycles. The molecular formula is C25H21FN4O2. The minimum atomic E-state index is -0.544. The summed E-state index contributed by atoms with van der Waals surface area (Å²) in [6.45, 7) is 2.44. The van der Waals surface area contributed by atoms with Crippen LogP contribution in [0.25, 0.3) is 10.9 Å². The van der Waals surface area contributed by atoms with Gasteiger partial charge in [-0.2, -0.15) is 0 Å². The number of carbonyl (C=O) groups excluding carboxylic acids is 1. The van der Waals surface area contributed by atoms with Gasteiger partial charge in [0.15, 0.2) is 11.6 Å². The molecule has 2 aromatic carbocycles. The second kappa shape index (κ2) is 8.63. The van der Waals surface area contributed by atoms with Crippen molar-refractivity contribution < 1.29 is 13.9 Å². The Morgan fingerprint density at radius 1 is 1.00 bits per heavy atom. The van der Waals surface area contributed by atoms with E-state index in [1.807, 2.05) is 30.3 Å². The Morgan fingerprint density at radius 3 is 2.62 bits per heavy atom. The van der Waals surface area contributed by atoms with Crippen molar-refractivity contribution in [2.75, 3.05) is 18.0 Å². The van der Waals surface area contributed by atoms with Crippen LogP contribution in [0.2, 0.25) is 0 Å². The van der Waals surface area contributed by atoms with Crippen LogP contribution in [0.4, 0.5) is 10.1 Å². The van der Waals surface area contributed by atoms with Gasteiger partial charge in [0.2, 0.25) is 0 Å². The van der Waals surface area contributed by atoms with Crippen molar-refractivity contribution in [3.05, 3.63) is 90.1 Å². The topological polar surface area (TPSA) is 67.3 Å². The summed E-state index contributed by atoms with van der Waals surface area (Å²) in [7, 11) is 0. The van der Waals surface area contributed by atoms with Gasteiger partial charge in [0.25, 0.3) is 5.91 Å². The number of hydrogen-bond acceptors (Lipinski definition) is 5. The van der Waals surface area contributed by atoms with Crippen LogP contribution >= 0.6 is 0 Å². The van der Waals surface area contributed by atoms with E-state index in [9.17, 15) is 9.18 Å². The molecule has 6 nitrogen and oxygen atoms in total. The van der Waals surface area contributed by atoms with Crippen LogP contribution < -0.4 is 15.0 Å². The van der Waals surface area contributed by atoms with Crippen LogP contribution in [0.15, 0.2) is 73.2 Å². The third kappa shape index (κ3) is 4.09. The monoisotopic (exact) mass is 428 g/mol. The van der Waals surface area contributed by atoms with Crippen molar-refractivity contribution in [2.45, 2.75) is 13.0 Å². The maximum absolute atomic E-state index is 14.5. The largest absolute Gasteiger partial charge is 0.453 e. The molecule has 160 valence electrons. The average molecular weight is 428 g/mol. The first kappa shape index (κ1) is 19.9. The smallest absolute Gasteiger partial charge is 0.251 e. The Balaban J connectivity index is 1.37. The van der Waals surface area contributed by atoms with Gasteiger partial charge in [-0.15, -0.1) is 0 Å². The number of pyridine rings is 2. The minimum absolute atomic E-state index is 0.0131. The van der Waals surface area contributed by atoms with Crippen LogP contribution in [-0.2, 0) is 6.54 Å². The number of fused-ring (bicyclic) bond motifs is 1. The predicted octanol–water partition coefficient (Wildman–Crippen LogP) is 4.70. The van der Waals surface area contributed by atoms with E-state index in [4.69, 9.17) is 4.74 Å². The van der Waals surface area contributed by atoms with E-state index in [0.29, 0.717) is 17.9 Å². The van der Waals surface area contributed by atoms with Gasteiger partial charge in [-0.05, 0) is 66.6 Å². The Kier molecular flexibility index (Phi) is 5.37. The van der Waals surface area contributed by atoms with Gasteiger partial charge in [-0.1, -0.05) is 0 Å². The standard InChI is InChI=1S/C25H21FN4O2/c26-21-5-2-18(25(31)29-16-17-6-9-27-10-7-17)14-24(21)32-23-8-11-28-22-15-19(3-4-20(22)23)30-12-1-13-30/h2-11,14-15H,1,12-13,16H2,(H,29,31). The van der Waals surface area contributed by atoms with E-state index >= 15 is 0 Å². The molecule has 3 heterocycles. The van der Waals surface area contributed by atoms with Crippen LogP contribution in [0, 0.1) is 5.82 Å². The maximum Gasteiger partial charge on any atom is 0.251 e. The summed E-state index contributed by atoms with van der Waals surface area (Å²) in [6, 6.07) is 15.4. The molecular weight excluding hydrogens is 407 g/mol. The number of nitrogens with one attached hydrogen (secondary N) is 1. The number of nitrogens with zero attached hydrogens (tertiary/aromatic N) is 3. The second-order valence-corrected chi connectivity index (χ2v) is 7.64. The minimum Gasteiger partial charge on any atom is -0.453 e. The predicted molar refractivity (Wildman–Crippen MR) is 120 cm³/mol. The number of hydrogen-bond donors (Lipinski definition) is 1. The third-order valence-electron chi connectivity index (χ3n) is 5.52. The number of amides is 1. The van der Waals surface area contributed by atoms with E-state index in [1.54, 1.807) is 24.7 Å². The third-order valence-corrected chi connectivity index (χ3v) is 5.52. The number of halogens is 1. The molecule has 1 N–H and O–H groups in total. The summed E-state index contributed by atoms with van der Waals surface area (Å²) in [5, 5.41) is 3.61. The summed E-state index contributed by atoms with van der Waals surface area (Å²) in [6.07, 6.45) is 6.16. The molecule has 32 heavy (non-hydrogen) atoms. The number of ether oxygens (including phenoxy) is 1. The molecule has 2 aromatic heterocycles. The number of carbonyl (C=O) groups is 1. The summed E-state index contributed by atoms with van der Waals surface area (Å²) < 4.78 is 20.4. The number of anilines is 1. The Morgan fingerprint density at radius 2 is 1.84 bits per heavy atom. The molecule has 1 aliphatic heterocycles. The van der Waals surface area contributed by atoms with Gasteiger partial charge < -0.3 is 15.0 Å². The highest BCUT2D eigenvalue weighted by molar-refractivity contribution is 5.94. The van der Waals surface area contributed by atoms with Gasteiger partial charge in [0, 0.05) is 54.9 Å². The van der Waals surface area contributed by atoms with E-state index < -0.39 is 5.82 Å². The van der Waals surface area contributed by atoms with Crippen molar-refractivity contribution in [1.82, 2.24) is 15.3 Å². The molecule has 0 saturated carbocycles. The maximum atomic E-state index is 14.5. The van der Waals surface area contributed by atoms with Gasteiger partial charge in [-0.25, -0.2) is 4.39 Å². The van der Waals surface area contributed by atoms with E-state index in [1.165, 1.54) is 24.6 Å². The zero-order chi connectivity index (χ0) is 21.9. The van der Waals surface area contributed by atoms with Crippen molar-refractivity contribution in [3.63, 3.8) is 0 Å². The van der Waals surface area contributed by atoms with Gasteiger partial charge in [-0.3, -0.25) is 14.8 Å². The van der Waals surface area contributed by atoms with Gasteiger partial charge in [0.1, 0.15) is 5.75 Å². The highest BCUT2D eigenvalue weighted by Crippen LogP contribution is 2.33. The molecule has 5 rings (SSSR count). The van der Waals surface area contributed by atoms with E-state index in [0.717, 1.165) is 35.2 Å². The van der Waals surface area contributed by atoms with Crippen LogP contribution in [0.3, 0.4) is 0 Å². The average Bonchev–Trinajstić information content (AvgIpc) is 2.78. The SMILES string of the molecule is O=C(NCc1ccncc1)c1ccc(F)c(Oc2ccnc3cc(N4CCC4)ccc23)c1. The summed E-state index contributed by atoms with van der Waals surface area (Å²) in [5.41, 5.74) is 3.13. The summed E-state index contributed by atoms with van der Waals surface area (Å²) in [4.78, 5) is 23.2. The zero-order valence-corrected chi connectivity index (χ0v) is 17.3. The molecule has 0 atom stereocenters. The molecule has 0 radical (unpaired) electrons. The van der Waals surface area contributed by atoms with Crippen molar-refractivity contribution in [3.8, 4) is 11.5 Å². The normalized spacial score (nSPS) is 13.0. The molecule has 0 aliphatic carbocycles. The lowest BCUT2D eigenvalue weighted by Gasteiger charge is -2.33. The molecule has 4 aromatic rings. The van der Waals surface area contributed by atoms with Crippen molar-refractivity contribution >= 4 is 22.5 Å². The molecule has 0 unspecified atom stereocenters. The van der Waals surface area contributed by atoms with E-state index in [-0.39, 0.29) is 11.7 Å². The van der Waals surface area contributed by atoms with Crippen LogP contribution in [-0.4, -0.2) is 29.0 Å². The van der Waals surface area contributed by atoms with Crippen LogP contribution in [0.1, 0.15) is 22.3 Å². The fourth-order valence-electron chi connectivity index (χ4n) is 3.60. The van der Waals surface area contributed by atoms with Gasteiger partial charge >= 0.3 is 0 Å². The lowest BCUT2D eigenvalue weighted by molar-refractivity contribution is 0.0950. The van der Waals surface area contributed by atoms with Crippen molar-refractivity contribution in [1.29, 1.82) is 0 Å². The highest BCUT2D eigenvalue weighted by Gasteiger charge is 2.17. The number of rotatable bonds is 6. The fourth-order valence-corrected chi connectivity index (χ4v) is 3.60. The summed E-state index contributed by atoms with van der Waals surface area (Å²) >= 11 is 0. The molecule has 7 heteroatoms. The highest BCUT2D eigenvalue weighted by atomic mass is 19.1. The number of aromatic nitrogens is 2. The first-order valence-corrected chi connectivity index (χ1v) is 10.5. The molecule has 1 aliphatic rings. The van der Waals surface area contributed by atoms with E-state index in [2.05, 4.69) is 20.2 Å². The Labute approximate surface area is 184 Å². The second-order valence-electron chi connectivity index (χ2n) is 7.64. The number of benzene rings is 2. The zero-order valence-electron chi connectivity index (χ0n) is 17.3. The Bertz CT molecular complexity index is 1280. The van der Waals surface area contributed by atoms with Gasteiger partial charge in [0.05, 0.1) is 5.52 Å². The first-order chi connectivity index (χ1) is 15.7. The molecule has 0 spiro atoms.